The van der Waals surface area contributed by atoms with Gasteiger partial charge in [-0.15, -0.1) is 11.3 Å². The summed E-state index contributed by atoms with van der Waals surface area (Å²) in [5.41, 5.74) is 9.29. The number of benzene rings is 8. The fraction of sp³-hybridized carbons (Fsp3) is 0. The monoisotopic (exact) mass is 602 g/mol. The fourth-order valence-electron chi connectivity index (χ4n) is 7.46. The van der Waals surface area contributed by atoms with E-state index in [1.807, 2.05) is 23.5 Å². The van der Waals surface area contributed by atoms with Gasteiger partial charge in [-0.2, -0.15) is 0 Å². The third-order valence-electron chi connectivity index (χ3n) is 9.48. The van der Waals surface area contributed by atoms with E-state index in [2.05, 4.69) is 146 Å². The molecule has 0 N–H and O–H groups in total. The summed E-state index contributed by atoms with van der Waals surface area (Å²) in [6.07, 6.45) is 0. The highest BCUT2D eigenvalue weighted by Crippen LogP contribution is 2.47. The highest BCUT2D eigenvalue weighted by atomic mass is 32.1. The van der Waals surface area contributed by atoms with Gasteiger partial charge in [0.2, 0.25) is 0 Å². The van der Waals surface area contributed by atoms with Gasteiger partial charge >= 0.3 is 0 Å². The molecule has 46 heavy (non-hydrogen) atoms. The van der Waals surface area contributed by atoms with E-state index in [0.717, 1.165) is 21.9 Å². The summed E-state index contributed by atoms with van der Waals surface area (Å²) in [6.45, 7) is 0. The third-order valence-corrected chi connectivity index (χ3v) is 10.6. The lowest BCUT2D eigenvalue weighted by molar-refractivity contribution is 0.669. The summed E-state index contributed by atoms with van der Waals surface area (Å²) < 4.78 is 8.85. The summed E-state index contributed by atoms with van der Waals surface area (Å²) in [5.74, 6) is 0. The van der Waals surface area contributed by atoms with E-state index < -0.39 is 0 Å². The molecular formula is C44H26OS. The Labute approximate surface area is 269 Å². The summed E-state index contributed by atoms with van der Waals surface area (Å²) in [4.78, 5) is 0. The number of furan rings is 1. The van der Waals surface area contributed by atoms with Gasteiger partial charge in [0.15, 0.2) is 0 Å². The van der Waals surface area contributed by atoms with Crippen LogP contribution in [0.25, 0.3) is 97.0 Å². The van der Waals surface area contributed by atoms with E-state index in [1.165, 1.54) is 75.1 Å². The molecule has 214 valence electrons. The van der Waals surface area contributed by atoms with Gasteiger partial charge in [0.05, 0.1) is 0 Å². The smallest absolute Gasteiger partial charge is 0.135 e. The van der Waals surface area contributed by atoms with Gasteiger partial charge in [0.25, 0.3) is 0 Å². The van der Waals surface area contributed by atoms with Crippen LogP contribution in [0.4, 0.5) is 0 Å². The molecule has 0 bridgehead atoms. The number of thiophene rings is 1. The lowest BCUT2D eigenvalue weighted by atomic mass is 9.83. The number of para-hydroxylation sites is 1. The lowest BCUT2D eigenvalue weighted by Gasteiger charge is -2.19. The van der Waals surface area contributed by atoms with Crippen molar-refractivity contribution in [3.05, 3.63) is 158 Å². The Morgan fingerprint density at radius 3 is 1.61 bits per heavy atom. The van der Waals surface area contributed by atoms with Crippen LogP contribution in [0.5, 0.6) is 0 Å². The maximum atomic E-state index is 6.20. The topological polar surface area (TPSA) is 13.1 Å². The maximum absolute atomic E-state index is 6.20. The minimum absolute atomic E-state index is 0.916. The molecule has 0 saturated heterocycles. The predicted octanol–water partition coefficient (Wildman–Crippen LogP) is 13.3. The van der Waals surface area contributed by atoms with E-state index in [9.17, 15) is 0 Å². The quantitative estimate of drug-likeness (QED) is 0.183. The normalized spacial score (nSPS) is 11.9. The minimum Gasteiger partial charge on any atom is -0.456 e. The van der Waals surface area contributed by atoms with Gasteiger partial charge in [0, 0.05) is 30.9 Å². The van der Waals surface area contributed by atoms with Gasteiger partial charge in [-0.3, -0.25) is 0 Å². The molecular weight excluding hydrogens is 577 g/mol. The molecule has 1 nitrogen and oxygen atoms in total. The number of fused-ring (bicyclic) bond motifs is 8. The van der Waals surface area contributed by atoms with E-state index in [1.54, 1.807) is 0 Å². The first-order chi connectivity index (χ1) is 22.8. The summed E-state index contributed by atoms with van der Waals surface area (Å²) in [6, 6.07) is 57.4. The molecule has 0 aliphatic heterocycles. The average Bonchev–Trinajstić information content (AvgIpc) is 3.68. The molecule has 10 aromatic rings. The highest BCUT2D eigenvalue weighted by molar-refractivity contribution is 7.25. The molecule has 10 rings (SSSR count). The zero-order chi connectivity index (χ0) is 30.2. The van der Waals surface area contributed by atoms with Gasteiger partial charge in [0.1, 0.15) is 11.2 Å². The van der Waals surface area contributed by atoms with Crippen LogP contribution in [0.2, 0.25) is 0 Å². The second-order valence-electron chi connectivity index (χ2n) is 12.0. The van der Waals surface area contributed by atoms with Crippen LogP contribution >= 0.6 is 11.3 Å². The Bertz CT molecular complexity index is 2760. The molecule has 0 amide bonds. The van der Waals surface area contributed by atoms with E-state index in [0.29, 0.717) is 0 Å². The van der Waals surface area contributed by atoms with E-state index >= 15 is 0 Å². The Balaban J connectivity index is 1.26. The minimum atomic E-state index is 0.916. The van der Waals surface area contributed by atoms with Gasteiger partial charge in [-0.05, 0) is 91.3 Å². The Hall–Kier alpha value is -5.70. The van der Waals surface area contributed by atoms with Gasteiger partial charge in [-0.1, -0.05) is 121 Å². The molecule has 0 saturated carbocycles. The largest absolute Gasteiger partial charge is 0.456 e. The molecule has 0 unspecified atom stereocenters. The van der Waals surface area contributed by atoms with Gasteiger partial charge in [-0.25, -0.2) is 0 Å². The van der Waals surface area contributed by atoms with E-state index in [4.69, 9.17) is 4.42 Å². The molecule has 0 fully saturated rings. The highest BCUT2D eigenvalue weighted by Gasteiger charge is 2.20. The fourth-order valence-corrected chi connectivity index (χ4v) is 8.54. The molecule has 2 heterocycles. The van der Waals surface area contributed by atoms with Crippen LogP contribution in [0.1, 0.15) is 0 Å². The van der Waals surface area contributed by atoms with Crippen molar-refractivity contribution in [2.45, 2.75) is 0 Å². The molecule has 8 aromatic carbocycles. The van der Waals surface area contributed by atoms with Crippen molar-refractivity contribution in [1.29, 1.82) is 0 Å². The number of rotatable bonds is 3. The van der Waals surface area contributed by atoms with Crippen LogP contribution < -0.4 is 0 Å². The van der Waals surface area contributed by atoms with Crippen molar-refractivity contribution in [1.82, 2.24) is 0 Å². The van der Waals surface area contributed by atoms with Crippen LogP contribution in [0.3, 0.4) is 0 Å². The first-order valence-electron chi connectivity index (χ1n) is 15.7. The molecule has 2 aromatic heterocycles. The molecule has 0 aliphatic rings. The SMILES string of the molecule is c1ccc(-c2c3ccccc3c(-c3ccc4oc5ccccc5c4c3)c3ccccc23)c(-c2ccc3sc4ccccc4c3c2)c1. The Morgan fingerprint density at radius 2 is 0.848 bits per heavy atom. The standard InChI is InChI=1S/C44H26OS/c1-2-14-32(29(11-1)27-22-24-42-38(25-27)31-13-8-10-20-41(31)46-42)44-35-17-5-3-15-33(35)43(34-16-4-6-18-36(34)44)28-21-23-40-37(26-28)30-12-7-9-19-39(30)45-40/h1-26H. The third kappa shape index (κ3) is 3.74. The maximum Gasteiger partial charge on any atom is 0.135 e. The number of hydrogen-bond acceptors (Lipinski definition) is 2. The van der Waals surface area contributed by atoms with Crippen molar-refractivity contribution in [3.8, 4) is 33.4 Å². The summed E-state index contributed by atoms with van der Waals surface area (Å²) in [7, 11) is 0. The summed E-state index contributed by atoms with van der Waals surface area (Å²) in [5, 5.41) is 9.94. The van der Waals surface area contributed by atoms with Crippen LogP contribution in [-0.2, 0) is 0 Å². The molecule has 0 atom stereocenters. The lowest BCUT2D eigenvalue weighted by Crippen LogP contribution is -1.92. The van der Waals surface area contributed by atoms with Crippen LogP contribution in [0.15, 0.2) is 162 Å². The first kappa shape index (κ1) is 25.6. The first-order valence-corrected chi connectivity index (χ1v) is 16.5. The zero-order valence-corrected chi connectivity index (χ0v) is 25.6. The predicted molar refractivity (Wildman–Crippen MR) is 198 cm³/mol. The second-order valence-corrected chi connectivity index (χ2v) is 13.1. The zero-order valence-electron chi connectivity index (χ0n) is 24.8. The van der Waals surface area contributed by atoms with Crippen molar-refractivity contribution in [2.24, 2.45) is 0 Å². The molecule has 2 heteroatoms. The molecule has 0 aliphatic carbocycles. The van der Waals surface area contributed by atoms with Crippen molar-refractivity contribution >= 4 is 75.0 Å². The second kappa shape index (κ2) is 9.90. The molecule has 0 radical (unpaired) electrons. The summed E-state index contributed by atoms with van der Waals surface area (Å²) >= 11 is 1.87. The van der Waals surface area contributed by atoms with E-state index in [-0.39, 0.29) is 0 Å². The van der Waals surface area contributed by atoms with Crippen LogP contribution in [-0.4, -0.2) is 0 Å². The average molecular weight is 603 g/mol. The number of hydrogen-bond donors (Lipinski definition) is 0. The van der Waals surface area contributed by atoms with Crippen molar-refractivity contribution in [3.63, 3.8) is 0 Å². The van der Waals surface area contributed by atoms with Crippen LogP contribution in [0, 0.1) is 0 Å². The van der Waals surface area contributed by atoms with Crippen molar-refractivity contribution in [2.75, 3.05) is 0 Å². The van der Waals surface area contributed by atoms with Gasteiger partial charge < -0.3 is 4.42 Å². The molecule has 0 spiro atoms. The Kier molecular flexibility index (Phi) is 5.51. The Morgan fingerprint density at radius 1 is 0.326 bits per heavy atom. The van der Waals surface area contributed by atoms with Crippen molar-refractivity contribution < 1.29 is 4.42 Å².